The molecule has 0 fully saturated rings. The summed E-state index contributed by atoms with van der Waals surface area (Å²) in [5, 5.41) is 4.33. The van der Waals surface area contributed by atoms with Crippen LogP contribution in [-0.2, 0) is 6.54 Å². The molecule has 1 rings (SSSR count). The Morgan fingerprint density at radius 2 is 1.80 bits per heavy atom. The minimum atomic E-state index is 0.765. The van der Waals surface area contributed by atoms with E-state index in [4.69, 9.17) is 0 Å². The van der Waals surface area contributed by atoms with E-state index < -0.39 is 0 Å². The van der Waals surface area contributed by atoms with E-state index in [2.05, 4.69) is 22.7 Å². The SMILES string of the molecule is Cc1cscc1CN=C(N(C)C)N(C)C. The van der Waals surface area contributed by atoms with E-state index in [-0.39, 0.29) is 0 Å². The summed E-state index contributed by atoms with van der Waals surface area (Å²) in [4.78, 5) is 8.66. The molecule has 0 aliphatic heterocycles. The van der Waals surface area contributed by atoms with Crippen molar-refractivity contribution < 1.29 is 0 Å². The number of rotatable bonds is 2. The molecule has 0 unspecified atom stereocenters. The van der Waals surface area contributed by atoms with E-state index in [9.17, 15) is 0 Å². The molecule has 1 aromatic rings. The molecule has 0 radical (unpaired) electrons. The van der Waals surface area contributed by atoms with Crippen LogP contribution in [0.2, 0.25) is 0 Å². The van der Waals surface area contributed by atoms with Crippen molar-refractivity contribution in [1.29, 1.82) is 0 Å². The highest BCUT2D eigenvalue weighted by Gasteiger charge is 2.04. The number of aliphatic imine (C=N–C) groups is 1. The van der Waals surface area contributed by atoms with Gasteiger partial charge in [0.15, 0.2) is 5.96 Å². The molecule has 0 aliphatic rings. The van der Waals surface area contributed by atoms with Crippen molar-refractivity contribution in [3.8, 4) is 0 Å². The largest absolute Gasteiger partial charge is 0.349 e. The van der Waals surface area contributed by atoms with Crippen LogP contribution in [0.4, 0.5) is 0 Å². The standard InChI is InChI=1S/C11H19N3S/c1-9-7-15-8-10(9)6-12-11(13(2)3)14(4)5/h7-8H,6H2,1-5H3. The molecule has 15 heavy (non-hydrogen) atoms. The smallest absolute Gasteiger partial charge is 0.195 e. The van der Waals surface area contributed by atoms with Crippen molar-refractivity contribution in [2.24, 2.45) is 4.99 Å². The fraction of sp³-hybridized carbons (Fsp3) is 0.545. The highest BCUT2D eigenvalue weighted by atomic mass is 32.1. The fourth-order valence-corrected chi connectivity index (χ4v) is 2.24. The topological polar surface area (TPSA) is 18.8 Å². The molecule has 1 heterocycles. The Morgan fingerprint density at radius 1 is 1.20 bits per heavy atom. The summed E-state index contributed by atoms with van der Waals surface area (Å²) in [7, 11) is 8.05. The average Bonchev–Trinajstić information content (AvgIpc) is 2.51. The van der Waals surface area contributed by atoms with Crippen LogP contribution < -0.4 is 0 Å². The first-order valence-electron chi connectivity index (χ1n) is 4.93. The van der Waals surface area contributed by atoms with Gasteiger partial charge < -0.3 is 9.80 Å². The summed E-state index contributed by atoms with van der Waals surface area (Å²) in [6.07, 6.45) is 0. The number of aryl methyl sites for hydroxylation is 1. The molecule has 0 aliphatic carbocycles. The quantitative estimate of drug-likeness (QED) is 0.566. The van der Waals surface area contributed by atoms with Gasteiger partial charge in [0.25, 0.3) is 0 Å². The molecule has 0 N–H and O–H groups in total. The Labute approximate surface area is 96.0 Å². The van der Waals surface area contributed by atoms with Crippen LogP contribution in [0, 0.1) is 6.92 Å². The maximum atomic E-state index is 4.60. The van der Waals surface area contributed by atoms with Crippen molar-refractivity contribution in [2.75, 3.05) is 28.2 Å². The molecule has 0 bridgehead atoms. The Bertz CT molecular complexity index is 329. The van der Waals surface area contributed by atoms with Crippen LogP contribution in [0.15, 0.2) is 15.8 Å². The highest BCUT2D eigenvalue weighted by Crippen LogP contribution is 2.14. The molecule has 0 saturated heterocycles. The molecule has 4 heteroatoms. The third kappa shape index (κ3) is 3.23. The van der Waals surface area contributed by atoms with Gasteiger partial charge in [0, 0.05) is 28.2 Å². The predicted molar refractivity (Wildman–Crippen MR) is 67.6 cm³/mol. The lowest BCUT2D eigenvalue weighted by Gasteiger charge is -2.22. The van der Waals surface area contributed by atoms with Crippen molar-refractivity contribution in [1.82, 2.24) is 9.80 Å². The summed E-state index contributed by atoms with van der Waals surface area (Å²) >= 11 is 1.74. The maximum Gasteiger partial charge on any atom is 0.195 e. The zero-order valence-corrected chi connectivity index (χ0v) is 10.9. The molecule has 0 atom stereocenters. The van der Waals surface area contributed by atoms with Gasteiger partial charge in [0.05, 0.1) is 6.54 Å². The van der Waals surface area contributed by atoms with Crippen LogP contribution in [0.3, 0.4) is 0 Å². The first kappa shape index (κ1) is 12.0. The van der Waals surface area contributed by atoms with Gasteiger partial charge in [-0.1, -0.05) is 0 Å². The Hall–Kier alpha value is -1.03. The second-order valence-electron chi connectivity index (χ2n) is 3.99. The number of hydrogen-bond donors (Lipinski definition) is 0. The maximum absolute atomic E-state index is 4.60. The summed E-state index contributed by atoms with van der Waals surface area (Å²) < 4.78 is 0. The molecular weight excluding hydrogens is 206 g/mol. The van der Waals surface area contributed by atoms with Gasteiger partial charge in [-0.15, -0.1) is 0 Å². The second kappa shape index (κ2) is 5.16. The average molecular weight is 225 g/mol. The van der Waals surface area contributed by atoms with E-state index in [1.165, 1.54) is 11.1 Å². The summed E-state index contributed by atoms with van der Waals surface area (Å²) in [6.45, 7) is 2.90. The van der Waals surface area contributed by atoms with Crippen molar-refractivity contribution >= 4 is 17.3 Å². The van der Waals surface area contributed by atoms with Crippen LogP contribution in [-0.4, -0.2) is 44.0 Å². The minimum absolute atomic E-state index is 0.765. The second-order valence-corrected chi connectivity index (χ2v) is 4.73. The van der Waals surface area contributed by atoms with E-state index in [0.717, 1.165) is 12.5 Å². The molecule has 0 aromatic carbocycles. The first-order valence-corrected chi connectivity index (χ1v) is 5.87. The Morgan fingerprint density at radius 3 is 2.20 bits per heavy atom. The molecule has 0 saturated carbocycles. The molecule has 0 amide bonds. The lowest BCUT2D eigenvalue weighted by molar-refractivity contribution is 0.479. The van der Waals surface area contributed by atoms with Crippen molar-refractivity contribution in [3.63, 3.8) is 0 Å². The summed E-state index contributed by atoms with van der Waals surface area (Å²) in [5.74, 6) is 1.00. The first-order chi connectivity index (χ1) is 7.02. The van der Waals surface area contributed by atoms with Gasteiger partial charge in [-0.05, 0) is 28.8 Å². The third-order valence-corrected chi connectivity index (χ3v) is 3.06. The van der Waals surface area contributed by atoms with Crippen LogP contribution in [0.25, 0.3) is 0 Å². The molecule has 0 spiro atoms. The zero-order chi connectivity index (χ0) is 11.4. The predicted octanol–water partition coefficient (Wildman–Crippen LogP) is 2.04. The van der Waals surface area contributed by atoms with E-state index >= 15 is 0 Å². The molecule has 84 valence electrons. The van der Waals surface area contributed by atoms with Gasteiger partial charge in [0.2, 0.25) is 0 Å². The van der Waals surface area contributed by atoms with E-state index in [1.807, 2.05) is 38.0 Å². The van der Waals surface area contributed by atoms with Crippen molar-refractivity contribution in [2.45, 2.75) is 13.5 Å². The third-order valence-electron chi connectivity index (χ3n) is 2.15. The van der Waals surface area contributed by atoms with Gasteiger partial charge >= 0.3 is 0 Å². The number of nitrogens with zero attached hydrogens (tertiary/aromatic N) is 3. The number of thiophene rings is 1. The van der Waals surface area contributed by atoms with E-state index in [0.29, 0.717) is 0 Å². The normalized spacial score (nSPS) is 9.93. The van der Waals surface area contributed by atoms with Gasteiger partial charge in [0.1, 0.15) is 0 Å². The highest BCUT2D eigenvalue weighted by molar-refractivity contribution is 7.08. The van der Waals surface area contributed by atoms with Crippen LogP contribution >= 0.6 is 11.3 Å². The lowest BCUT2D eigenvalue weighted by Crippen LogP contribution is -2.35. The van der Waals surface area contributed by atoms with Crippen molar-refractivity contribution in [3.05, 3.63) is 21.9 Å². The minimum Gasteiger partial charge on any atom is -0.349 e. The number of guanidine groups is 1. The summed E-state index contributed by atoms with van der Waals surface area (Å²) in [5.41, 5.74) is 2.65. The molecule has 1 aromatic heterocycles. The summed E-state index contributed by atoms with van der Waals surface area (Å²) in [6, 6.07) is 0. The monoisotopic (exact) mass is 225 g/mol. The van der Waals surface area contributed by atoms with E-state index in [1.54, 1.807) is 11.3 Å². The lowest BCUT2D eigenvalue weighted by atomic mass is 10.2. The zero-order valence-electron chi connectivity index (χ0n) is 10.1. The van der Waals surface area contributed by atoms with Crippen LogP contribution in [0.5, 0.6) is 0 Å². The van der Waals surface area contributed by atoms with Gasteiger partial charge in [-0.25, -0.2) is 4.99 Å². The Kier molecular flexibility index (Phi) is 4.15. The molecule has 3 nitrogen and oxygen atoms in total. The number of hydrogen-bond acceptors (Lipinski definition) is 2. The Balaban J connectivity index is 2.74. The van der Waals surface area contributed by atoms with Gasteiger partial charge in [-0.2, -0.15) is 11.3 Å². The van der Waals surface area contributed by atoms with Crippen LogP contribution in [0.1, 0.15) is 11.1 Å². The van der Waals surface area contributed by atoms with Gasteiger partial charge in [-0.3, -0.25) is 0 Å². The fourth-order valence-electron chi connectivity index (χ4n) is 1.39. The molecular formula is C11H19N3S.